The Morgan fingerprint density at radius 1 is 0.970 bits per heavy atom. The molecule has 2 heterocycles. The van der Waals surface area contributed by atoms with Crippen LogP contribution in [0.1, 0.15) is 18.9 Å². The maximum atomic E-state index is 14.2. The fraction of sp³-hybridized carbons (Fsp3) is 0.370. The number of anilines is 2. The summed E-state index contributed by atoms with van der Waals surface area (Å²) in [7, 11) is 1.81. The zero-order valence-electron chi connectivity index (χ0n) is 19.3. The Morgan fingerprint density at radius 2 is 1.73 bits per heavy atom. The molecule has 4 nitrogen and oxygen atoms in total. The fourth-order valence-electron chi connectivity index (χ4n) is 5.33. The summed E-state index contributed by atoms with van der Waals surface area (Å²) < 4.78 is 13.5. The van der Waals surface area contributed by atoms with Crippen LogP contribution in [0, 0.1) is 5.82 Å². The maximum Gasteiger partial charge on any atom is 0.247 e. The van der Waals surface area contributed by atoms with Crippen molar-refractivity contribution in [3.8, 4) is 0 Å². The van der Waals surface area contributed by atoms with Gasteiger partial charge in [-0.1, -0.05) is 43.3 Å². The van der Waals surface area contributed by atoms with E-state index in [0.29, 0.717) is 6.42 Å². The van der Waals surface area contributed by atoms with Crippen molar-refractivity contribution in [2.24, 2.45) is 0 Å². The van der Waals surface area contributed by atoms with Gasteiger partial charge in [-0.05, 0) is 41.8 Å². The number of benzene rings is 3. The number of hydrogen-bond acceptors (Lipinski definition) is 4. The first-order chi connectivity index (χ1) is 16.0. The number of nitrogens with zero attached hydrogens (tertiary/aromatic N) is 3. The third kappa shape index (κ3) is 3.89. The van der Waals surface area contributed by atoms with Gasteiger partial charge in [-0.3, -0.25) is 9.69 Å². The summed E-state index contributed by atoms with van der Waals surface area (Å²) in [6.45, 7) is 6.72. The molecule has 6 heteroatoms. The number of carbonyl (C=O) groups excluding carboxylic acids is 1. The maximum absolute atomic E-state index is 14.2. The second-order valence-electron chi connectivity index (χ2n) is 8.86. The molecule has 3 aromatic rings. The van der Waals surface area contributed by atoms with Gasteiger partial charge < -0.3 is 9.80 Å². The summed E-state index contributed by atoms with van der Waals surface area (Å²) in [5.74, 6) is 0.607. The highest BCUT2D eigenvalue weighted by atomic mass is 32.2. The molecular formula is C27H30FN3OS. The normalized spacial score (nSPS) is 21.1. The van der Waals surface area contributed by atoms with Crippen LogP contribution in [-0.2, 0) is 9.54 Å². The van der Waals surface area contributed by atoms with Gasteiger partial charge in [-0.25, -0.2) is 4.39 Å². The van der Waals surface area contributed by atoms with Crippen molar-refractivity contribution >= 4 is 39.8 Å². The Morgan fingerprint density at radius 3 is 2.52 bits per heavy atom. The molecule has 3 aromatic carbocycles. The molecule has 0 N–H and O–H groups in total. The number of carbonyl (C=O) groups is 1. The van der Waals surface area contributed by atoms with Crippen molar-refractivity contribution in [3.05, 3.63) is 72.0 Å². The minimum Gasteiger partial charge on any atom is -0.368 e. The predicted molar refractivity (Wildman–Crippen MR) is 137 cm³/mol. The molecule has 1 saturated heterocycles. The number of rotatable bonds is 6. The van der Waals surface area contributed by atoms with Crippen molar-refractivity contribution in [3.63, 3.8) is 0 Å². The van der Waals surface area contributed by atoms with Gasteiger partial charge in [-0.15, -0.1) is 11.8 Å². The zero-order chi connectivity index (χ0) is 23.0. The van der Waals surface area contributed by atoms with Crippen molar-refractivity contribution in [2.45, 2.75) is 18.1 Å². The summed E-state index contributed by atoms with van der Waals surface area (Å²) in [6.07, 6.45) is 0.694. The number of fused-ring (bicyclic) bond motifs is 2. The molecule has 172 valence electrons. The first-order valence-electron chi connectivity index (χ1n) is 11.7. The van der Waals surface area contributed by atoms with Gasteiger partial charge >= 0.3 is 0 Å². The molecule has 1 amide bonds. The molecule has 1 atom stereocenters. The largest absolute Gasteiger partial charge is 0.368 e. The van der Waals surface area contributed by atoms with Crippen molar-refractivity contribution in [2.75, 3.05) is 55.3 Å². The Bertz CT molecular complexity index is 1170. The predicted octanol–water partition coefficient (Wildman–Crippen LogP) is 5.12. The van der Waals surface area contributed by atoms with Crippen LogP contribution in [0.15, 0.2) is 60.7 Å². The van der Waals surface area contributed by atoms with Crippen molar-refractivity contribution in [1.29, 1.82) is 0 Å². The molecule has 0 aromatic heterocycles. The molecule has 2 aliphatic heterocycles. The summed E-state index contributed by atoms with van der Waals surface area (Å²) >= 11 is 1.64. The third-order valence-electron chi connectivity index (χ3n) is 7.06. The van der Waals surface area contributed by atoms with E-state index in [4.69, 9.17) is 0 Å². The van der Waals surface area contributed by atoms with E-state index in [1.807, 2.05) is 0 Å². The number of hydrogen-bond donors (Lipinski definition) is 0. The first kappa shape index (κ1) is 22.2. The SMILES string of the molecule is CCSC1(CCN2CCN(c3cccc4ccccc34)CC2)C(=O)N(C)c2ccc(F)cc21. The van der Waals surface area contributed by atoms with Crippen molar-refractivity contribution < 1.29 is 9.18 Å². The van der Waals surface area contributed by atoms with Gasteiger partial charge in [0.2, 0.25) is 5.91 Å². The van der Waals surface area contributed by atoms with Crippen LogP contribution in [-0.4, -0.2) is 56.3 Å². The standard InChI is InChI=1S/C27H30FN3OS/c1-3-33-27(23-19-21(28)11-12-25(23)29(2)26(27)32)13-14-30-15-17-31(18-16-30)24-10-6-8-20-7-4-5-9-22(20)24/h4-12,19H,3,13-18H2,1-2H3. The molecule has 0 aliphatic carbocycles. The van der Waals surface area contributed by atoms with Gasteiger partial charge in [0.05, 0.1) is 0 Å². The van der Waals surface area contributed by atoms with Crippen LogP contribution in [0.3, 0.4) is 0 Å². The molecule has 1 fully saturated rings. The van der Waals surface area contributed by atoms with Crippen LogP contribution >= 0.6 is 11.8 Å². The smallest absolute Gasteiger partial charge is 0.247 e. The zero-order valence-corrected chi connectivity index (χ0v) is 20.1. The minimum atomic E-state index is -0.701. The van der Waals surface area contributed by atoms with Gasteiger partial charge in [0, 0.05) is 62.1 Å². The Kier molecular flexibility index (Phi) is 6.06. The topological polar surface area (TPSA) is 26.8 Å². The molecule has 1 unspecified atom stereocenters. The van der Waals surface area contributed by atoms with Crippen molar-refractivity contribution in [1.82, 2.24) is 4.90 Å². The molecule has 5 rings (SSSR count). The summed E-state index contributed by atoms with van der Waals surface area (Å²) in [6, 6.07) is 19.8. The van der Waals surface area contributed by atoms with Crippen LogP contribution < -0.4 is 9.80 Å². The highest BCUT2D eigenvalue weighted by Gasteiger charge is 2.50. The average molecular weight is 464 g/mol. The number of halogens is 1. The lowest BCUT2D eigenvalue weighted by Gasteiger charge is -2.38. The van der Waals surface area contributed by atoms with Gasteiger partial charge in [-0.2, -0.15) is 0 Å². The van der Waals surface area contributed by atoms with E-state index in [-0.39, 0.29) is 11.7 Å². The molecule has 33 heavy (non-hydrogen) atoms. The van der Waals surface area contributed by atoms with E-state index >= 15 is 0 Å². The second-order valence-corrected chi connectivity index (χ2v) is 10.4. The molecule has 0 radical (unpaired) electrons. The number of thioether (sulfide) groups is 1. The monoisotopic (exact) mass is 463 g/mol. The average Bonchev–Trinajstić information content (AvgIpc) is 3.04. The van der Waals surface area contributed by atoms with Gasteiger partial charge in [0.1, 0.15) is 10.6 Å². The Hall–Kier alpha value is -2.57. The van der Waals surface area contributed by atoms with Crippen LogP contribution in [0.5, 0.6) is 0 Å². The molecule has 0 saturated carbocycles. The van der Waals surface area contributed by atoms with Crippen LogP contribution in [0.2, 0.25) is 0 Å². The van der Waals surface area contributed by atoms with Crippen LogP contribution in [0.25, 0.3) is 10.8 Å². The summed E-state index contributed by atoms with van der Waals surface area (Å²) in [5, 5.41) is 2.57. The lowest BCUT2D eigenvalue weighted by molar-refractivity contribution is -0.120. The van der Waals surface area contributed by atoms with E-state index in [1.54, 1.807) is 35.8 Å². The fourth-order valence-corrected chi connectivity index (χ4v) is 6.64. The van der Waals surface area contributed by atoms with Gasteiger partial charge in [0.25, 0.3) is 0 Å². The highest BCUT2D eigenvalue weighted by molar-refractivity contribution is 8.01. The highest BCUT2D eigenvalue weighted by Crippen LogP contribution is 2.50. The first-order valence-corrected chi connectivity index (χ1v) is 12.7. The van der Waals surface area contributed by atoms with Crippen LogP contribution in [0.4, 0.5) is 15.8 Å². The van der Waals surface area contributed by atoms with E-state index in [9.17, 15) is 9.18 Å². The van der Waals surface area contributed by atoms with E-state index in [1.165, 1.54) is 22.5 Å². The molecule has 2 aliphatic rings. The second kappa shape index (κ2) is 8.99. The third-order valence-corrected chi connectivity index (χ3v) is 8.44. The Labute approximate surface area is 199 Å². The lowest BCUT2D eigenvalue weighted by Crippen LogP contribution is -2.48. The lowest BCUT2D eigenvalue weighted by atomic mass is 9.95. The number of likely N-dealkylation sites (N-methyl/N-ethyl adjacent to an activating group) is 1. The quantitative estimate of drug-likeness (QED) is 0.507. The van der Waals surface area contributed by atoms with E-state index in [0.717, 1.165) is 49.7 Å². The minimum absolute atomic E-state index is 0.0735. The Balaban J connectivity index is 1.30. The van der Waals surface area contributed by atoms with E-state index in [2.05, 4.69) is 59.2 Å². The van der Waals surface area contributed by atoms with E-state index < -0.39 is 4.75 Å². The summed E-state index contributed by atoms with van der Waals surface area (Å²) in [5.41, 5.74) is 2.96. The molecular weight excluding hydrogens is 433 g/mol. The number of amides is 1. The molecule has 0 bridgehead atoms. The van der Waals surface area contributed by atoms with Gasteiger partial charge in [0.15, 0.2) is 0 Å². The molecule has 0 spiro atoms. The number of piperazine rings is 1. The summed E-state index contributed by atoms with van der Waals surface area (Å²) in [4.78, 5) is 20.0.